The van der Waals surface area contributed by atoms with E-state index in [1.165, 1.54) is 6.07 Å². The first-order valence-corrected chi connectivity index (χ1v) is 7.29. The van der Waals surface area contributed by atoms with Crippen LogP contribution in [0.1, 0.15) is 5.56 Å². The van der Waals surface area contributed by atoms with E-state index in [0.717, 1.165) is 21.4 Å². The van der Waals surface area contributed by atoms with Gasteiger partial charge in [0.25, 0.3) is 0 Å². The maximum absolute atomic E-state index is 13.7. The zero-order chi connectivity index (χ0) is 14.7. The van der Waals surface area contributed by atoms with E-state index in [2.05, 4.69) is 31.4 Å². The third-order valence-electron chi connectivity index (χ3n) is 3.19. The lowest BCUT2D eigenvalue weighted by molar-refractivity contribution is 0.612. The van der Waals surface area contributed by atoms with Gasteiger partial charge in [-0.05, 0) is 42.0 Å². The Kier molecular flexibility index (Phi) is 4.01. The van der Waals surface area contributed by atoms with Crippen molar-refractivity contribution < 1.29 is 4.39 Å². The molecule has 0 amide bonds. The summed E-state index contributed by atoms with van der Waals surface area (Å²) in [5.41, 5.74) is 3.60. The summed E-state index contributed by atoms with van der Waals surface area (Å²) in [4.78, 5) is 0. The van der Waals surface area contributed by atoms with Gasteiger partial charge in [-0.15, -0.1) is 0 Å². The summed E-state index contributed by atoms with van der Waals surface area (Å²) in [6, 6.07) is 14.8. The van der Waals surface area contributed by atoms with Gasteiger partial charge >= 0.3 is 0 Å². The fraction of sp³-hybridized carbons (Fsp3) is 0.0625. The lowest BCUT2D eigenvalue weighted by Crippen LogP contribution is -2.01. The fourth-order valence-corrected chi connectivity index (χ4v) is 2.47. The SMILES string of the molecule is Fc1ccc(Br)cc1CNc1ccc(-c2ccn[nH]2)cc1. The lowest BCUT2D eigenvalue weighted by atomic mass is 10.1. The van der Waals surface area contributed by atoms with Crippen LogP contribution in [0.4, 0.5) is 10.1 Å². The molecule has 0 spiro atoms. The van der Waals surface area contributed by atoms with Crippen LogP contribution in [-0.4, -0.2) is 10.2 Å². The van der Waals surface area contributed by atoms with E-state index in [1.807, 2.05) is 30.3 Å². The molecule has 0 aliphatic carbocycles. The minimum Gasteiger partial charge on any atom is -0.381 e. The molecule has 0 aliphatic heterocycles. The molecular weight excluding hydrogens is 333 g/mol. The minimum absolute atomic E-state index is 0.209. The number of H-pyrrole nitrogens is 1. The van der Waals surface area contributed by atoms with Crippen LogP contribution in [0.25, 0.3) is 11.3 Å². The first-order valence-electron chi connectivity index (χ1n) is 6.50. The molecule has 0 saturated heterocycles. The second-order valence-corrected chi connectivity index (χ2v) is 5.55. The second kappa shape index (κ2) is 6.10. The van der Waals surface area contributed by atoms with Crippen molar-refractivity contribution in [1.29, 1.82) is 0 Å². The van der Waals surface area contributed by atoms with Crippen LogP contribution in [0.2, 0.25) is 0 Å². The number of aromatic nitrogens is 2. The van der Waals surface area contributed by atoms with Gasteiger partial charge in [0.2, 0.25) is 0 Å². The van der Waals surface area contributed by atoms with Crippen molar-refractivity contribution >= 4 is 21.6 Å². The summed E-state index contributed by atoms with van der Waals surface area (Å²) in [5.74, 6) is -0.209. The molecular formula is C16H13BrFN3. The molecule has 2 aromatic carbocycles. The molecule has 2 N–H and O–H groups in total. The van der Waals surface area contributed by atoms with Gasteiger partial charge in [0.1, 0.15) is 5.82 Å². The van der Waals surface area contributed by atoms with Crippen molar-refractivity contribution in [2.24, 2.45) is 0 Å². The molecule has 21 heavy (non-hydrogen) atoms. The van der Waals surface area contributed by atoms with Crippen LogP contribution in [0, 0.1) is 5.82 Å². The Balaban J connectivity index is 1.70. The Hall–Kier alpha value is -2.14. The Labute approximate surface area is 130 Å². The third kappa shape index (κ3) is 3.31. The summed E-state index contributed by atoms with van der Waals surface area (Å²) in [6.45, 7) is 0.439. The van der Waals surface area contributed by atoms with E-state index in [9.17, 15) is 4.39 Å². The van der Waals surface area contributed by atoms with Crippen molar-refractivity contribution in [2.75, 3.05) is 5.32 Å². The quantitative estimate of drug-likeness (QED) is 0.725. The number of hydrogen-bond donors (Lipinski definition) is 2. The Morgan fingerprint density at radius 3 is 2.62 bits per heavy atom. The zero-order valence-corrected chi connectivity index (χ0v) is 12.7. The number of aromatic amines is 1. The molecule has 3 aromatic rings. The van der Waals surface area contributed by atoms with Crippen LogP contribution >= 0.6 is 15.9 Å². The number of nitrogens with zero attached hydrogens (tertiary/aromatic N) is 1. The smallest absolute Gasteiger partial charge is 0.128 e. The zero-order valence-electron chi connectivity index (χ0n) is 11.1. The van der Waals surface area contributed by atoms with Crippen LogP contribution in [-0.2, 0) is 6.54 Å². The molecule has 0 fully saturated rings. The second-order valence-electron chi connectivity index (χ2n) is 4.64. The van der Waals surface area contributed by atoms with E-state index in [4.69, 9.17) is 0 Å². The Morgan fingerprint density at radius 2 is 1.90 bits per heavy atom. The van der Waals surface area contributed by atoms with E-state index in [-0.39, 0.29) is 5.82 Å². The molecule has 3 nitrogen and oxygen atoms in total. The third-order valence-corrected chi connectivity index (χ3v) is 3.68. The van der Waals surface area contributed by atoms with Gasteiger partial charge in [0.15, 0.2) is 0 Å². The molecule has 5 heteroatoms. The Bertz CT molecular complexity index is 724. The predicted octanol–water partition coefficient (Wildman–Crippen LogP) is 4.59. The fourth-order valence-electron chi connectivity index (χ4n) is 2.06. The first kappa shape index (κ1) is 13.8. The van der Waals surface area contributed by atoms with E-state index >= 15 is 0 Å². The number of anilines is 1. The average molecular weight is 346 g/mol. The normalized spacial score (nSPS) is 10.6. The molecule has 0 bridgehead atoms. The van der Waals surface area contributed by atoms with Crippen LogP contribution in [0.15, 0.2) is 59.2 Å². The molecule has 106 valence electrons. The molecule has 0 atom stereocenters. The van der Waals surface area contributed by atoms with Crippen molar-refractivity contribution in [3.05, 3.63) is 70.6 Å². The van der Waals surface area contributed by atoms with Gasteiger partial charge < -0.3 is 5.32 Å². The molecule has 0 radical (unpaired) electrons. The predicted molar refractivity (Wildman–Crippen MR) is 85.5 cm³/mol. The first-order chi connectivity index (χ1) is 10.2. The highest BCUT2D eigenvalue weighted by Gasteiger charge is 2.03. The van der Waals surface area contributed by atoms with Crippen molar-refractivity contribution in [3.63, 3.8) is 0 Å². The maximum atomic E-state index is 13.7. The number of benzene rings is 2. The van der Waals surface area contributed by atoms with Gasteiger partial charge in [0, 0.05) is 28.5 Å². The molecule has 3 rings (SSSR count). The molecule has 0 unspecified atom stereocenters. The highest BCUT2D eigenvalue weighted by atomic mass is 79.9. The van der Waals surface area contributed by atoms with E-state index < -0.39 is 0 Å². The van der Waals surface area contributed by atoms with Crippen molar-refractivity contribution in [1.82, 2.24) is 10.2 Å². The number of rotatable bonds is 4. The van der Waals surface area contributed by atoms with Gasteiger partial charge in [-0.2, -0.15) is 5.10 Å². The van der Waals surface area contributed by atoms with Crippen molar-refractivity contribution in [3.8, 4) is 11.3 Å². The number of halogens is 2. The number of nitrogens with one attached hydrogen (secondary N) is 2. The number of hydrogen-bond acceptors (Lipinski definition) is 2. The summed E-state index contributed by atoms with van der Waals surface area (Å²) in [7, 11) is 0. The van der Waals surface area contributed by atoms with Gasteiger partial charge in [-0.3, -0.25) is 5.10 Å². The molecule has 1 heterocycles. The highest BCUT2D eigenvalue weighted by Crippen LogP contribution is 2.20. The molecule has 1 aromatic heterocycles. The molecule has 0 aliphatic rings. The van der Waals surface area contributed by atoms with Gasteiger partial charge in [0.05, 0.1) is 5.69 Å². The molecule has 0 saturated carbocycles. The van der Waals surface area contributed by atoms with E-state index in [0.29, 0.717) is 12.1 Å². The monoisotopic (exact) mass is 345 g/mol. The summed E-state index contributed by atoms with van der Waals surface area (Å²) in [6.07, 6.45) is 1.72. The lowest BCUT2D eigenvalue weighted by Gasteiger charge is -2.08. The van der Waals surface area contributed by atoms with Crippen LogP contribution < -0.4 is 5.32 Å². The van der Waals surface area contributed by atoms with Gasteiger partial charge in [-0.1, -0.05) is 28.1 Å². The topological polar surface area (TPSA) is 40.7 Å². The average Bonchev–Trinajstić information content (AvgIpc) is 3.03. The van der Waals surface area contributed by atoms with Crippen molar-refractivity contribution in [2.45, 2.75) is 6.54 Å². The highest BCUT2D eigenvalue weighted by molar-refractivity contribution is 9.10. The van der Waals surface area contributed by atoms with Gasteiger partial charge in [-0.25, -0.2) is 4.39 Å². The standard InChI is InChI=1S/C16H13BrFN3/c17-13-3-6-15(18)12(9-13)10-19-14-4-1-11(2-5-14)16-7-8-20-21-16/h1-9,19H,10H2,(H,20,21). The van der Waals surface area contributed by atoms with E-state index in [1.54, 1.807) is 18.3 Å². The minimum atomic E-state index is -0.209. The summed E-state index contributed by atoms with van der Waals surface area (Å²) < 4.78 is 14.5. The summed E-state index contributed by atoms with van der Waals surface area (Å²) >= 11 is 3.35. The van der Waals surface area contributed by atoms with Crippen LogP contribution in [0.3, 0.4) is 0 Å². The maximum Gasteiger partial charge on any atom is 0.128 e. The largest absolute Gasteiger partial charge is 0.381 e. The Morgan fingerprint density at radius 1 is 1.10 bits per heavy atom. The van der Waals surface area contributed by atoms with Crippen LogP contribution in [0.5, 0.6) is 0 Å². The summed E-state index contributed by atoms with van der Waals surface area (Å²) in [5, 5.41) is 10.1.